The molecule has 7 heteroatoms. The van der Waals surface area contributed by atoms with Crippen LogP contribution < -0.4 is 5.73 Å². The van der Waals surface area contributed by atoms with Crippen LogP contribution in [0.2, 0.25) is 5.02 Å². The summed E-state index contributed by atoms with van der Waals surface area (Å²) >= 11 is 5.63. The van der Waals surface area contributed by atoms with Gasteiger partial charge in [-0.2, -0.15) is 4.98 Å². The number of benzene rings is 1. The molecule has 0 aliphatic heterocycles. The first-order valence-electron chi connectivity index (χ1n) is 4.71. The van der Waals surface area contributed by atoms with E-state index in [1.807, 2.05) is 0 Å². The minimum atomic E-state index is -0.917. The zero-order valence-electron chi connectivity index (χ0n) is 8.80. The zero-order valence-corrected chi connectivity index (χ0v) is 9.55. The highest BCUT2D eigenvalue weighted by atomic mass is 35.5. The molecule has 0 radical (unpaired) electrons. The zero-order chi connectivity index (χ0) is 12.6. The number of rotatable bonds is 2. The van der Waals surface area contributed by atoms with Gasteiger partial charge in [0.2, 0.25) is 11.7 Å². The van der Waals surface area contributed by atoms with Crippen molar-refractivity contribution >= 4 is 11.6 Å². The van der Waals surface area contributed by atoms with E-state index in [4.69, 9.17) is 21.9 Å². The van der Waals surface area contributed by atoms with E-state index in [1.165, 1.54) is 13.0 Å². The van der Waals surface area contributed by atoms with Crippen LogP contribution in [0.3, 0.4) is 0 Å². The van der Waals surface area contributed by atoms with E-state index in [2.05, 4.69) is 10.1 Å². The van der Waals surface area contributed by atoms with Crippen LogP contribution in [0.4, 0.5) is 8.78 Å². The highest BCUT2D eigenvalue weighted by Gasteiger charge is 2.21. The van der Waals surface area contributed by atoms with Crippen molar-refractivity contribution in [1.82, 2.24) is 10.1 Å². The van der Waals surface area contributed by atoms with E-state index in [0.29, 0.717) is 0 Å². The van der Waals surface area contributed by atoms with Gasteiger partial charge in [-0.25, -0.2) is 8.78 Å². The Balaban J connectivity index is 2.65. The Morgan fingerprint density at radius 1 is 1.41 bits per heavy atom. The van der Waals surface area contributed by atoms with Gasteiger partial charge in [-0.1, -0.05) is 16.8 Å². The maximum atomic E-state index is 13.8. The van der Waals surface area contributed by atoms with E-state index in [9.17, 15) is 8.78 Å². The van der Waals surface area contributed by atoms with Crippen LogP contribution in [0, 0.1) is 18.6 Å². The van der Waals surface area contributed by atoms with Gasteiger partial charge in [-0.05, 0) is 18.6 Å². The van der Waals surface area contributed by atoms with Gasteiger partial charge in [-0.3, -0.25) is 0 Å². The molecule has 2 aromatic rings. The van der Waals surface area contributed by atoms with E-state index < -0.39 is 17.2 Å². The normalized spacial score (nSPS) is 10.9. The summed E-state index contributed by atoms with van der Waals surface area (Å²) in [4.78, 5) is 3.76. The van der Waals surface area contributed by atoms with Gasteiger partial charge in [0.25, 0.3) is 0 Å². The fraction of sp³-hybridized carbons (Fsp3) is 0.200. The van der Waals surface area contributed by atoms with Gasteiger partial charge in [0.15, 0.2) is 5.82 Å². The van der Waals surface area contributed by atoms with E-state index in [-0.39, 0.29) is 28.8 Å². The van der Waals surface area contributed by atoms with Crippen molar-refractivity contribution in [1.29, 1.82) is 0 Å². The summed E-state index contributed by atoms with van der Waals surface area (Å²) in [6.45, 7) is 1.46. The Bertz CT molecular complexity index is 545. The Labute approximate surface area is 100 Å². The third-order valence-corrected chi connectivity index (χ3v) is 2.48. The van der Waals surface area contributed by atoms with Crippen molar-refractivity contribution < 1.29 is 13.3 Å². The first-order chi connectivity index (χ1) is 8.04. The molecule has 0 spiro atoms. The van der Waals surface area contributed by atoms with Crippen molar-refractivity contribution in [2.45, 2.75) is 13.5 Å². The second-order valence-corrected chi connectivity index (χ2v) is 3.80. The van der Waals surface area contributed by atoms with Gasteiger partial charge in [-0.15, -0.1) is 0 Å². The molecule has 0 fully saturated rings. The SMILES string of the molecule is Cc1cc(Cl)c(F)c(-c2noc(CN)n2)c1F. The Morgan fingerprint density at radius 3 is 2.71 bits per heavy atom. The summed E-state index contributed by atoms with van der Waals surface area (Å²) in [5.41, 5.74) is 5.06. The number of halogens is 3. The summed E-state index contributed by atoms with van der Waals surface area (Å²) in [6, 6.07) is 1.19. The van der Waals surface area contributed by atoms with Crippen LogP contribution in [0.1, 0.15) is 11.5 Å². The molecule has 0 bridgehead atoms. The fourth-order valence-electron chi connectivity index (χ4n) is 1.37. The maximum Gasteiger partial charge on any atom is 0.240 e. The molecule has 2 rings (SSSR count). The largest absolute Gasteiger partial charge is 0.338 e. The summed E-state index contributed by atoms with van der Waals surface area (Å²) in [5.74, 6) is -1.79. The highest BCUT2D eigenvalue weighted by Crippen LogP contribution is 2.30. The van der Waals surface area contributed by atoms with Gasteiger partial charge >= 0.3 is 0 Å². The Hall–Kier alpha value is -1.53. The molecule has 0 aliphatic carbocycles. The molecule has 1 heterocycles. The molecule has 0 amide bonds. The number of aromatic nitrogens is 2. The van der Waals surface area contributed by atoms with Crippen molar-refractivity contribution in [3.8, 4) is 11.4 Å². The summed E-state index contributed by atoms with van der Waals surface area (Å²) in [6.07, 6.45) is 0. The molecule has 17 heavy (non-hydrogen) atoms. The number of nitrogens with two attached hydrogens (primary N) is 1. The van der Waals surface area contributed by atoms with Crippen LogP contribution in [0.5, 0.6) is 0 Å². The summed E-state index contributed by atoms with van der Waals surface area (Å²) in [7, 11) is 0. The number of hydrogen-bond acceptors (Lipinski definition) is 4. The van der Waals surface area contributed by atoms with Crippen LogP contribution >= 0.6 is 11.6 Å². The lowest BCUT2D eigenvalue weighted by molar-refractivity contribution is 0.380. The first kappa shape index (κ1) is 11.9. The van der Waals surface area contributed by atoms with Crippen molar-refractivity contribution in [2.75, 3.05) is 0 Å². The summed E-state index contributed by atoms with van der Waals surface area (Å²) < 4.78 is 32.2. The Kier molecular flexibility index (Phi) is 3.08. The number of aryl methyl sites for hydroxylation is 1. The van der Waals surface area contributed by atoms with E-state index >= 15 is 0 Å². The second-order valence-electron chi connectivity index (χ2n) is 3.39. The third-order valence-electron chi connectivity index (χ3n) is 2.20. The van der Waals surface area contributed by atoms with Crippen LogP contribution in [-0.4, -0.2) is 10.1 Å². The smallest absolute Gasteiger partial charge is 0.240 e. The quantitative estimate of drug-likeness (QED) is 0.842. The predicted octanol–water partition coefficient (Wildman–Crippen LogP) is 2.44. The highest BCUT2D eigenvalue weighted by molar-refractivity contribution is 6.31. The lowest BCUT2D eigenvalue weighted by Gasteiger charge is -2.04. The average molecular weight is 260 g/mol. The van der Waals surface area contributed by atoms with Gasteiger partial charge < -0.3 is 10.3 Å². The topological polar surface area (TPSA) is 64.9 Å². The fourth-order valence-corrected chi connectivity index (χ4v) is 1.62. The number of hydrogen-bond donors (Lipinski definition) is 1. The van der Waals surface area contributed by atoms with E-state index in [0.717, 1.165) is 0 Å². The van der Waals surface area contributed by atoms with Crippen molar-refractivity contribution in [3.63, 3.8) is 0 Å². The van der Waals surface area contributed by atoms with Crippen molar-refractivity contribution in [2.24, 2.45) is 5.73 Å². The molecule has 1 aromatic carbocycles. The summed E-state index contributed by atoms with van der Waals surface area (Å²) in [5, 5.41) is 3.26. The predicted molar refractivity (Wildman–Crippen MR) is 57.3 cm³/mol. The first-order valence-corrected chi connectivity index (χ1v) is 5.09. The molecule has 0 saturated heterocycles. The number of nitrogens with zero attached hydrogens (tertiary/aromatic N) is 2. The standard InChI is InChI=1S/C10H8ClF2N3O/c1-4-2-5(11)9(13)7(8(4)12)10-15-6(3-14)17-16-10/h2H,3,14H2,1H3. The van der Waals surface area contributed by atoms with Crippen LogP contribution in [0.15, 0.2) is 10.6 Å². The maximum absolute atomic E-state index is 13.8. The van der Waals surface area contributed by atoms with Gasteiger partial charge in [0, 0.05) is 0 Å². The molecule has 90 valence electrons. The lowest BCUT2D eigenvalue weighted by atomic mass is 10.1. The monoisotopic (exact) mass is 259 g/mol. The molecular weight excluding hydrogens is 252 g/mol. The average Bonchev–Trinajstić information content (AvgIpc) is 2.75. The lowest BCUT2D eigenvalue weighted by Crippen LogP contribution is -1.98. The molecule has 0 atom stereocenters. The van der Waals surface area contributed by atoms with E-state index in [1.54, 1.807) is 0 Å². The van der Waals surface area contributed by atoms with Crippen LogP contribution in [0.25, 0.3) is 11.4 Å². The van der Waals surface area contributed by atoms with Crippen molar-refractivity contribution in [3.05, 3.63) is 34.2 Å². The molecule has 0 aliphatic rings. The molecule has 2 N–H and O–H groups in total. The van der Waals surface area contributed by atoms with Gasteiger partial charge in [0.1, 0.15) is 5.82 Å². The second kappa shape index (κ2) is 4.38. The molecule has 1 aromatic heterocycles. The molecule has 0 saturated carbocycles. The molecular formula is C10H8ClF2N3O. The van der Waals surface area contributed by atoms with Gasteiger partial charge in [0.05, 0.1) is 17.1 Å². The minimum absolute atomic E-state index is 0.00418. The Morgan fingerprint density at radius 2 is 2.12 bits per heavy atom. The third kappa shape index (κ3) is 2.01. The molecule has 0 unspecified atom stereocenters. The molecule has 4 nitrogen and oxygen atoms in total. The van der Waals surface area contributed by atoms with Crippen LogP contribution in [-0.2, 0) is 6.54 Å². The minimum Gasteiger partial charge on any atom is -0.338 e.